The number of rotatable bonds is 7. The number of carbonyl (C=O) groups excluding carboxylic acids is 1. The third-order valence-electron chi connectivity index (χ3n) is 5.15. The van der Waals surface area contributed by atoms with Crippen LogP contribution in [0.25, 0.3) is 0 Å². The van der Waals surface area contributed by atoms with Gasteiger partial charge in [0.15, 0.2) is 9.84 Å². The number of nitrogens with one attached hydrogen (secondary N) is 2. The summed E-state index contributed by atoms with van der Waals surface area (Å²) in [5, 5.41) is 5.75. The van der Waals surface area contributed by atoms with Crippen LogP contribution in [0.5, 0.6) is 0 Å². The molecule has 0 radical (unpaired) electrons. The van der Waals surface area contributed by atoms with Gasteiger partial charge in [-0.1, -0.05) is 26.7 Å². The van der Waals surface area contributed by atoms with Crippen LogP contribution >= 0.6 is 0 Å². The number of ether oxygens (including phenoxy) is 1. The van der Waals surface area contributed by atoms with Crippen molar-refractivity contribution in [1.29, 1.82) is 0 Å². The number of morpholine rings is 1. The summed E-state index contributed by atoms with van der Waals surface area (Å²) < 4.78 is 28.4. The summed E-state index contributed by atoms with van der Waals surface area (Å²) in [7, 11) is -2.98. The zero-order valence-electron chi connectivity index (χ0n) is 14.8. The summed E-state index contributed by atoms with van der Waals surface area (Å²) in [6.45, 7) is 8.22. The van der Waals surface area contributed by atoms with Crippen molar-refractivity contribution in [1.82, 2.24) is 15.5 Å². The second kappa shape index (κ2) is 9.01. The minimum atomic E-state index is -2.98. The molecule has 0 unspecified atom stereocenters. The van der Waals surface area contributed by atoms with Crippen molar-refractivity contribution in [3.63, 3.8) is 0 Å². The Morgan fingerprint density at radius 1 is 1.25 bits per heavy atom. The first-order chi connectivity index (χ1) is 11.4. The molecular weight excluding hydrogens is 330 g/mol. The molecule has 2 fully saturated rings. The molecule has 0 aromatic heterocycles. The maximum atomic E-state index is 12.1. The Morgan fingerprint density at radius 3 is 2.46 bits per heavy atom. The molecule has 2 saturated heterocycles. The topological polar surface area (TPSA) is 87.7 Å². The molecule has 2 N–H and O–H groups in total. The number of hydrogen-bond acceptors (Lipinski definition) is 5. The van der Waals surface area contributed by atoms with E-state index in [1.54, 1.807) is 0 Å². The summed E-state index contributed by atoms with van der Waals surface area (Å²) >= 11 is 0. The van der Waals surface area contributed by atoms with Crippen molar-refractivity contribution in [2.45, 2.75) is 45.2 Å². The van der Waals surface area contributed by atoms with Gasteiger partial charge in [0.1, 0.15) is 0 Å². The Kier molecular flexibility index (Phi) is 7.31. The van der Waals surface area contributed by atoms with Gasteiger partial charge in [0.2, 0.25) is 0 Å². The standard InChI is InChI=1S/C16H31N3O4S/c1-3-13(4-2)15(19-6-8-23-9-7-19)11-17-16(20)18-14-5-10-24(21,22)12-14/h13-15H,3-12H2,1-2H3,(H2,17,18,20)/t14-,15-/m0/s1. The second-order valence-electron chi connectivity index (χ2n) is 6.75. The summed E-state index contributed by atoms with van der Waals surface area (Å²) in [6, 6.07) is -0.228. The van der Waals surface area contributed by atoms with Crippen LogP contribution in [0.4, 0.5) is 4.79 Å². The van der Waals surface area contributed by atoms with Crippen LogP contribution in [-0.2, 0) is 14.6 Å². The van der Waals surface area contributed by atoms with E-state index in [1.807, 2.05) is 0 Å². The maximum absolute atomic E-state index is 12.1. The summed E-state index contributed by atoms with van der Waals surface area (Å²) in [4.78, 5) is 14.5. The highest BCUT2D eigenvalue weighted by atomic mass is 32.2. The van der Waals surface area contributed by atoms with Crippen molar-refractivity contribution in [2.24, 2.45) is 5.92 Å². The summed E-state index contributed by atoms with van der Waals surface area (Å²) in [5.41, 5.74) is 0. The smallest absolute Gasteiger partial charge is 0.315 e. The Labute approximate surface area is 145 Å². The number of urea groups is 1. The van der Waals surface area contributed by atoms with Gasteiger partial charge in [-0.3, -0.25) is 4.90 Å². The fourth-order valence-corrected chi connectivity index (χ4v) is 5.35. The van der Waals surface area contributed by atoms with Gasteiger partial charge in [0.05, 0.1) is 24.7 Å². The normalized spacial score (nSPS) is 25.5. The molecular formula is C16H31N3O4S. The molecule has 0 spiro atoms. The highest BCUT2D eigenvalue weighted by Crippen LogP contribution is 2.19. The Bertz CT molecular complexity index is 501. The second-order valence-corrected chi connectivity index (χ2v) is 8.98. The molecule has 140 valence electrons. The largest absolute Gasteiger partial charge is 0.379 e. The quantitative estimate of drug-likeness (QED) is 0.694. The number of sulfone groups is 1. The predicted molar refractivity (Wildman–Crippen MR) is 93.8 cm³/mol. The summed E-state index contributed by atoms with van der Waals surface area (Å²) in [6.07, 6.45) is 2.65. The van der Waals surface area contributed by atoms with Crippen LogP contribution in [0.1, 0.15) is 33.1 Å². The fourth-order valence-electron chi connectivity index (χ4n) is 3.68. The number of amides is 2. The highest BCUT2D eigenvalue weighted by Gasteiger charge is 2.30. The van der Waals surface area contributed by atoms with Gasteiger partial charge in [-0.15, -0.1) is 0 Å². The predicted octanol–water partition coefficient (Wildman–Crippen LogP) is 0.610. The average Bonchev–Trinajstić information content (AvgIpc) is 2.90. The van der Waals surface area contributed by atoms with Gasteiger partial charge in [-0.05, 0) is 12.3 Å². The molecule has 2 aliphatic heterocycles. The van der Waals surface area contributed by atoms with Crippen molar-refractivity contribution < 1.29 is 17.9 Å². The van der Waals surface area contributed by atoms with Gasteiger partial charge < -0.3 is 15.4 Å². The molecule has 2 amide bonds. The van der Waals surface area contributed by atoms with E-state index in [2.05, 4.69) is 29.4 Å². The van der Waals surface area contributed by atoms with Crippen LogP contribution in [-0.4, -0.2) is 75.8 Å². The third kappa shape index (κ3) is 5.60. The first-order valence-corrected chi connectivity index (χ1v) is 10.8. The zero-order valence-corrected chi connectivity index (χ0v) is 15.6. The van der Waals surface area contributed by atoms with Crippen LogP contribution in [0.15, 0.2) is 0 Å². The Balaban J connectivity index is 1.85. The van der Waals surface area contributed by atoms with Gasteiger partial charge in [0.25, 0.3) is 0 Å². The molecule has 0 saturated carbocycles. The molecule has 2 rings (SSSR count). The first kappa shape index (κ1) is 19.5. The van der Waals surface area contributed by atoms with Crippen LogP contribution in [0.3, 0.4) is 0 Å². The van der Waals surface area contributed by atoms with Crippen molar-refractivity contribution >= 4 is 15.9 Å². The van der Waals surface area contributed by atoms with Crippen LogP contribution in [0, 0.1) is 5.92 Å². The molecule has 2 atom stereocenters. The van der Waals surface area contributed by atoms with Gasteiger partial charge in [-0.2, -0.15) is 0 Å². The highest BCUT2D eigenvalue weighted by molar-refractivity contribution is 7.91. The molecule has 0 aromatic carbocycles. The molecule has 7 nitrogen and oxygen atoms in total. The van der Waals surface area contributed by atoms with E-state index < -0.39 is 9.84 Å². The zero-order chi connectivity index (χ0) is 17.6. The molecule has 8 heteroatoms. The van der Waals surface area contributed by atoms with Crippen LogP contribution in [0.2, 0.25) is 0 Å². The SMILES string of the molecule is CCC(CC)[C@H](CNC(=O)N[C@H]1CCS(=O)(=O)C1)N1CCOCC1. The van der Waals surface area contributed by atoms with E-state index in [0.29, 0.717) is 24.9 Å². The maximum Gasteiger partial charge on any atom is 0.315 e. The lowest BCUT2D eigenvalue weighted by molar-refractivity contribution is 0.00236. The number of nitrogens with zero attached hydrogens (tertiary/aromatic N) is 1. The summed E-state index contributed by atoms with van der Waals surface area (Å²) in [5.74, 6) is 0.748. The minimum absolute atomic E-state index is 0.0554. The van der Waals surface area contributed by atoms with Crippen molar-refractivity contribution in [3.05, 3.63) is 0 Å². The fraction of sp³-hybridized carbons (Fsp3) is 0.938. The molecule has 2 aliphatic rings. The molecule has 0 aromatic rings. The van der Waals surface area contributed by atoms with E-state index >= 15 is 0 Å². The monoisotopic (exact) mass is 361 g/mol. The number of carbonyl (C=O) groups is 1. The minimum Gasteiger partial charge on any atom is -0.379 e. The van der Waals surface area contributed by atoms with E-state index in [9.17, 15) is 13.2 Å². The lowest BCUT2D eigenvalue weighted by Crippen LogP contribution is -2.53. The van der Waals surface area contributed by atoms with E-state index in [0.717, 1.165) is 39.1 Å². The van der Waals surface area contributed by atoms with E-state index in [-0.39, 0.29) is 23.6 Å². The van der Waals surface area contributed by atoms with Gasteiger partial charge >= 0.3 is 6.03 Å². The molecule has 0 aliphatic carbocycles. The number of hydrogen-bond donors (Lipinski definition) is 2. The molecule has 0 bridgehead atoms. The van der Waals surface area contributed by atoms with Crippen molar-refractivity contribution in [3.8, 4) is 0 Å². The van der Waals surface area contributed by atoms with Crippen LogP contribution < -0.4 is 10.6 Å². The lowest BCUT2D eigenvalue weighted by Gasteiger charge is -2.38. The lowest BCUT2D eigenvalue weighted by atomic mass is 9.92. The van der Waals surface area contributed by atoms with Gasteiger partial charge in [0, 0.05) is 31.7 Å². The molecule has 24 heavy (non-hydrogen) atoms. The first-order valence-electron chi connectivity index (χ1n) is 9.01. The van der Waals surface area contributed by atoms with E-state index in [4.69, 9.17) is 4.74 Å². The Hall–Kier alpha value is -0.860. The molecule has 2 heterocycles. The third-order valence-corrected chi connectivity index (χ3v) is 6.91. The Morgan fingerprint density at radius 2 is 1.92 bits per heavy atom. The van der Waals surface area contributed by atoms with Crippen molar-refractivity contribution in [2.75, 3.05) is 44.4 Å². The average molecular weight is 362 g/mol. The van der Waals surface area contributed by atoms with Gasteiger partial charge in [-0.25, -0.2) is 13.2 Å². The van der Waals surface area contributed by atoms with E-state index in [1.165, 1.54) is 0 Å².